The first-order valence-electron chi connectivity index (χ1n) is 10.9. The van der Waals surface area contributed by atoms with Crippen molar-refractivity contribution in [3.8, 4) is 0 Å². The van der Waals surface area contributed by atoms with E-state index in [0.29, 0.717) is 37.1 Å². The number of carbonyl (C=O) groups is 1. The number of hydrogen-bond acceptors (Lipinski definition) is 1. The van der Waals surface area contributed by atoms with Gasteiger partial charge in [-0.15, -0.1) is 6.58 Å². The summed E-state index contributed by atoms with van der Waals surface area (Å²) in [6, 6.07) is 2.29. The summed E-state index contributed by atoms with van der Waals surface area (Å²) < 4.78 is 93.5. The topological polar surface area (TPSA) is 20.3 Å². The number of fused-ring (bicyclic) bond motifs is 3. The molecule has 1 heterocycles. The summed E-state index contributed by atoms with van der Waals surface area (Å²) in [6.45, 7) is 10.3. The van der Waals surface area contributed by atoms with E-state index < -0.39 is 23.6 Å². The molecular weight excluding hydrogens is 451 g/mol. The van der Waals surface area contributed by atoms with Crippen LogP contribution in [-0.4, -0.2) is 35.7 Å². The fourth-order valence-electron chi connectivity index (χ4n) is 6.16. The van der Waals surface area contributed by atoms with Gasteiger partial charge in [0.15, 0.2) is 0 Å². The van der Waals surface area contributed by atoms with Crippen molar-refractivity contribution in [3.05, 3.63) is 47.5 Å². The minimum atomic E-state index is -6.14. The maximum Gasteiger partial charge on any atom is 0.435 e. The first-order chi connectivity index (χ1) is 15.0. The van der Waals surface area contributed by atoms with E-state index in [-0.39, 0.29) is 46.6 Å². The Kier molecular flexibility index (Phi) is 5.09. The molecule has 0 aromatic heterocycles. The van der Waals surface area contributed by atoms with E-state index in [1.165, 1.54) is 6.07 Å². The Morgan fingerprint density at radius 1 is 1.06 bits per heavy atom. The van der Waals surface area contributed by atoms with Crippen molar-refractivity contribution in [2.45, 2.75) is 70.0 Å². The first kappa shape index (κ1) is 24.1. The zero-order valence-corrected chi connectivity index (χ0v) is 18.6. The van der Waals surface area contributed by atoms with Crippen LogP contribution in [-0.2, 0) is 16.9 Å². The number of halogens is 7. The number of allylic oxidation sites excluding steroid dienone is 1. The third-order valence-electron chi connectivity index (χ3n) is 8.56. The number of likely N-dealkylation sites (tertiary alicyclic amines) is 1. The zero-order chi connectivity index (χ0) is 24.8. The SMILES string of the molecule is C=CC1(C)C(C(=O)N2CC[C@H]3c4ccc(C(F)(C(F)(F)F)C(F)(F)F)cc4CC[C@H]32)C1(C)C. The molecule has 0 bridgehead atoms. The molecule has 2 fully saturated rings. The standard InChI is InChI=1S/C24H26F7NO/c1-5-21(4)18(20(21,2)3)19(33)32-11-10-16-15-8-7-14(12-13(15)6-9-17(16)32)22(25,23(26,27)28)24(29,30)31/h5,7-8,12,16-18H,1,6,9-11H2,2-4H3/t16-,17+,18?,21?/m0/s1. The summed E-state index contributed by atoms with van der Waals surface area (Å²) >= 11 is 0. The van der Waals surface area contributed by atoms with Gasteiger partial charge in [0.2, 0.25) is 5.91 Å². The van der Waals surface area contributed by atoms with Gasteiger partial charge in [-0.05, 0) is 35.8 Å². The molecule has 0 spiro atoms. The van der Waals surface area contributed by atoms with E-state index in [2.05, 4.69) is 6.58 Å². The average Bonchev–Trinajstić information content (AvgIpc) is 3.01. The summed E-state index contributed by atoms with van der Waals surface area (Å²) in [5, 5.41) is 0. The molecule has 2 nitrogen and oxygen atoms in total. The van der Waals surface area contributed by atoms with Gasteiger partial charge in [0, 0.05) is 29.5 Å². The summed E-state index contributed by atoms with van der Waals surface area (Å²) in [5.41, 5.74) is -6.59. The van der Waals surface area contributed by atoms with Crippen LogP contribution in [0.25, 0.3) is 0 Å². The monoisotopic (exact) mass is 477 g/mol. The fourth-order valence-corrected chi connectivity index (χ4v) is 6.16. The molecule has 1 saturated carbocycles. The Hall–Kier alpha value is -2.06. The number of amides is 1. The minimum Gasteiger partial charge on any atom is -0.339 e. The second-order valence-corrected chi connectivity index (χ2v) is 10.2. The van der Waals surface area contributed by atoms with E-state index in [9.17, 15) is 35.5 Å². The molecule has 2 aliphatic carbocycles. The smallest absolute Gasteiger partial charge is 0.339 e. The van der Waals surface area contributed by atoms with Gasteiger partial charge in [0.1, 0.15) is 0 Å². The molecule has 4 rings (SSSR count). The normalized spacial score (nSPS) is 31.1. The van der Waals surface area contributed by atoms with Crippen LogP contribution in [0.15, 0.2) is 30.9 Å². The Balaban J connectivity index is 1.63. The average molecular weight is 477 g/mol. The van der Waals surface area contributed by atoms with Crippen molar-refractivity contribution in [2.24, 2.45) is 16.7 Å². The lowest BCUT2D eigenvalue weighted by Crippen LogP contribution is -2.50. The Labute approximate surface area is 187 Å². The molecule has 1 amide bonds. The van der Waals surface area contributed by atoms with Crippen molar-refractivity contribution in [3.63, 3.8) is 0 Å². The Bertz CT molecular complexity index is 982. The van der Waals surface area contributed by atoms with Crippen molar-refractivity contribution in [2.75, 3.05) is 6.54 Å². The molecule has 182 valence electrons. The number of aryl methyl sites for hydroxylation is 1. The Morgan fingerprint density at radius 3 is 2.18 bits per heavy atom. The second kappa shape index (κ2) is 6.98. The molecule has 1 aliphatic heterocycles. The van der Waals surface area contributed by atoms with Crippen molar-refractivity contribution in [1.29, 1.82) is 0 Å². The first-order valence-corrected chi connectivity index (χ1v) is 10.9. The lowest BCUT2D eigenvalue weighted by Gasteiger charge is -2.35. The highest BCUT2D eigenvalue weighted by molar-refractivity contribution is 5.85. The predicted octanol–water partition coefficient (Wildman–Crippen LogP) is 6.46. The van der Waals surface area contributed by atoms with E-state index >= 15 is 0 Å². The third kappa shape index (κ3) is 3.09. The van der Waals surface area contributed by atoms with Crippen LogP contribution in [0.5, 0.6) is 0 Å². The minimum absolute atomic E-state index is 0.00638. The molecule has 2 unspecified atom stereocenters. The van der Waals surface area contributed by atoms with Crippen LogP contribution >= 0.6 is 0 Å². The van der Waals surface area contributed by atoms with Crippen LogP contribution in [0.4, 0.5) is 30.7 Å². The van der Waals surface area contributed by atoms with Gasteiger partial charge < -0.3 is 4.90 Å². The second-order valence-electron chi connectivity index (χ2n) is 10.2. The number of benzene rings is 1. The lowest BCUT2D eigenvalue weighted by molar-refractivity contribution is -0.348. The lowest BCUT2D eigenvalue weighted by atomic mass is 9.77. The highest BCUT2D eigenvalue weighted by atomic mass is 19.4. The van der Waals surface area contributed by atoms with E-state index in [0.717, 1.165) is 0 Å². The van der Waals surface area contributed by atoms with Crippen molar-refractivity contribution >= 4 is 5.91 Å². The molecular formula is C24H26F7NO. The highest BCUT2D eigenvalue weighted by Crippen LogP contribution is 2.70. The maximum atomic E-state index is 14.5. The van der Waals surface area contributed by atoms with Crippen LogP contribution in [0, 0.1) is 16.7 Å². The summed E-state index contributed by atoms with van der Waals surface area (Å²) in [7, 11) is 0. The van der Waals surface area contributed by atoms with E-state index in [1.54, 1.807) is 6.08 Å². The maximum absolute atomic E-state index is 14.5. The van der Waals surface area contributed by atoms with Crippen molar-refractivity contribution in [1.82, 2.24) is 4.90 Å². The fraction of sp³-hybridized carbons (Fsp3) is 0.625. The molecule has 0 N–H and O–H groups in total. The van der Waals surface area contributed by atoms with Crippen molar-refractivity contribution < 1.29 is 35.5 Å². The van der Waals surface area contributed by atoms with Crippen LogP contribution in [0.3, 0.4) is 0 Å². The zero-order valence-electron chi connectivity index (χ0n) is 18.6. The number of nitrogens with zero attached hydrogens (tertiary/aromatic N) is 1. The molecule has 9 heteroatoms. The summed E-state index contributed by atoms with van der Waals surface area (Å²) in [6.07, 6.45) is -9.34. The quantitative estimate of drug-likeness (QED) is 0.362. The van der Waals surface area contributed by atoms with Gasteiger partial charge in [-0.2, -0.15) is 26.3 Å². The van der Waals surface area contributed by atoms with Gasteiger partial charge in [-0.3, -0.25) is 4.79 Å². The van der Waals surface area contributed by atoms with Gasteiger partial charge in [0.05, 0.1) is 5.92 Å². The molecule has 0 radical (unpaired) electrons. The molecule has 1 saturated heterocycles. The summed E-state index contributed by atoms with van der Waals surface area (Å²) in [4.78, 5) is 15.2. The number of alkyl halides is 7. The predicted molar refractivity (Wildman–Crippen MR) is 108 cm³/mol. The van der Waals surface area contributed by atoms with Gasteiger partial charge in [0.25, 0.3) is 0 Å². The van der Waals surface area contributed by atoms with Gasteiger partial charge in [-0.1, -0.05) is 45.0 Å². The molecule has 33 heavy (non-hydrogen) atoms. The van der Waals surface area contributed by atoms with E-state index in [1.807, 2.05) is 25.7 Å². The molecule has 3 aliphatic rings. The third-order valence-corrected chi connectivity index (χ3v) is 8.56. The number of rotatable bonds is 3. The Morgan fingerprint density at radius 2 is 1.67 bits per heavy atom. The van der Waals surface area contributed by atoms with Crippen LogP contribution in [0.1, 0.15) is 56.2 Å². The van der Waals surface area contributed by atoms with Gasteiger partial charge in [-0.25, -0.2) is 4.39 Å². The summed E-state index contributed by atoms with van der Waals surface area (Å²) in [5.74, 6) is -0.419. The van der Waals surface area contributed by atoms with Gasteiger partial charge >= 0.3 is 18.0 Å². The highest BCUT2D eigenvalue weighted by Gasteiger charge is 2.74. The molecule has 1 aromatic carbocycles. The van der Waals surface area contributed by atoms with Crippen LogP contribution in [0.2, 0.25) is 0 Å². The number of carbonyl (C=O) groups excluding carboxylic acids is 1. The largest absolute Gasteiger partial charge is 0.435 e. The van der Waals surface area contributed by atoms with E-state index in [4.69, 9.17) is 0 Å². The molecule has 1 aromatic rings. The number of hydrogen-bond donors (Lipinski definition) is 0. The molecule has 4 atom stereocenters. The van der Waals surface area contributed by atoms with Crippen LogP contribution < -0.4 is 0 Å².